The molecule has 2 atom stereocenters. The molecule has 0 aliphatic carbocycles. The fourth-order valence-electron chi connectivity index (χ4n) is 1.30. The summed E-state index contributed by atoms with van der Waals surface area (Å²) in [5, 5.41) is 12.4. The number of nitrogens with one attached hydrogen (secondary N) is 1. The molecule has 106 valence electrons. The Kier molecular flexibility index (Phi) is 7.67. The summed E-state index contributed by atoms with van der Waals surface area (Å²) < 4.78 is 5.12. The van der Waals surface area contributed by atoms with Crippen molar-refractivity contribution >= 4 is 6.09 Å². The second-order valence-corrected chi connectivity index (χ2v) is 5.50. The van der Waals surface area contributed by atoms with Crippen LogP contribution in [0.25, 0.3) is 0 Å². The van der Waals surface area contributed by atoms with E-state index < -0.39 is 17.8 Å². The fourth-order valence-corrected chi connectivity index (χ4v) is 1.30. The van der Waals surface area contributed by atoms with Crippen molar-refractivity contribution in [3.8, 4) is 0 Å². The van der Waals surface area contributed by atoms with Gasteiger partial charge >= 0.3 is 6.09 Å². The van der Waals surface area contributed by atoms with E-state index in [9.17, 15) is 9.90 Å². The van der Waals surface area contributed by atoms with Gasteiger partial charge in [0.05, 0.1) is 12.1 Å². The van der Waals surface area contributed by atoms with Gasteiger partial charge in [-0.25, -0.2) is 4.79 Å². The first-order chi connectivity index (χ1) is 8.26. The summed E-state index contributed by atoms with van der Waals surface area (Å²) in [5.41, 5.74) is -0.522. The van der Waals surface area contributed by atoms with Gasteiger partial charge in [0, 0.05) is 0 Å². The molecule has 0 saturated heterocycles. The number of carbonyl (C=O) groups is 1. The van der Waals surface area contributed by atoms with Gasteiger partial charge in [-0.05, 0) is 34.1 Å². The Morgan fingerprint density at radius 1 is 1.44 bits per heavy atom. The van der Waals surface area contributed by atoms with Gasteiger partial charge in [-0.1, -0.05) is 31.9 Å². The summed E-state index contributed by atoms with van der Waals surface area (Å²) in [6.07, 6.45) is 5.67. The maximum Gasteiger partial charge on any atom is 0.407 e. The molecule has 4 nitrogen and oxygen atoms in total. The van der Waals surface area contributed by atoms with E-state index in [1.165, 1.54) is 0 Å². The van der Waals surface area contributed by atoms with Crippen LogP contribution in [0.4, 0.5) is 4.79 Å². The highest BCUT2D eigenvalue weighted by molar-refractivity contribution is 5.68. The largest absolute Gasteiger partial charge is 0.444 e. The van der Waals surface area contributed by atoms with Gasteiger partial charge in [0.15, 0.2) is 0 Å². The van der Waals surface area contributed by atoms with Crippen molar-refractivity contribution in [1.82, 2.24) is 5.32 Å². The molecule has 1 amide bonds. The highest BCUT2D eigenvalue weighted by Gasteiger charge is 2.19. The van der Waals surface area contributed by atoms with Crippen LogP contribution in [0, 0.1) is 0 Å². The molecular formula is C14H27NO3. The molecular weight excluding hydrogens is 230 g/mol. The molecule has 0 unspecified atom stereocenters. The number of carbonyl (C=O) groups excluding carboxylic acids is 1. The third kappa shape index (κ3) is 9.05. The standard InChI is InChI=1S/C14H27NO3/c1-6-7-8-9-10-12(16)11(2)15-13(17)18-14(3,4)5/h9-12,16H,6-8H2,1-5H3,(H,15,17)/b10-9+/t11-,12+/m0/s1. The van der Waals surface area contributed by atoms with Gasteiger partial charge in [-0.2, -0.15) is 0 Å². The molecule has 0 bridgehead atoms. The minimum atomic E-state index is -0.686. The first-order valence-corrected chi connectivity index (χ1v) is 6.60. The summed E-state index contributed by atoms with van der Waals surface area (Å²) in [6.45, 7) is 9.28. The number of aliphatic hydroxyl groups is 1. The van der Waals surface area contributed by atoms with Gasteiger partial charge in [-0.15, -0.1) is 0 Å². The van der Waals surface area contributed by atoms with Crippen LogP contribution < -0.4 is 5.32 Å². The van der Waals surface area contributed by atoms with E-state index >= 15 is 0 Å². The van der Waals surface area contributed by atoms with Gasteiger partial charge in [-0.3, -0.25) is 0 Å². The minimum Gasteiger partial charge on any atom is -0.444 e. The summed E-state index contributed by atoms with van der Waals surface area (Å²) in [6, 6.07) is -0.363. The molecule has 0 fully saturated rings. The molecule has 0 radical (unpaired) electrons. The molecule has 0 aromatic carbocycles. The second kappa shape index (κ2) is 8.14. The molecule has 0 saturated carbocycles. The summed E-state index contributed by atoms with van der Waals surface area (Å²) in [4.78, 5) is 11.5. The maximum absolute atomic E-state index is 11.5. The Labute approximate surface area is 110 Å². The van der Waals surface area contributed by atoms with Crippen LogP contribution in [-0.2, 0) is 4.74 Å². The summed E-state index contributed by atoms with van der Waals surface area (Å²) >= 11 is 0. The van der Waals surface area contributed by atoms with Gasteiger partial charge in [0.25, 0.3) is 0 Å². The Bertz CT molecular complexity index is 269. The molecule has 0 aromatic rings. The number of hydrogen-bond donors (Lipinski definition) is 2. The lowest BCUT2D eigenvalue weighted by atomic mass is 10.1. The van der Waals surface area contributed by atoms with Crippen molar-refractivity contribution in [1.29, 1.82) is 0 Å². The van der Waals surface area contributed by atoms with Crippen molar-refractivity contribution in [3.05, 3.63) is 12.2 Å². The van der Waals surface area contributed by atoms with Crippen molar-refractivity contribution < 1.29 is 14.6 Å². The Balaban J connectivity index is 4.03. The quantitative estimate of drug-likeness (QED) is 0.568. The Morgan fingerprint density at radius 3 is 2.56 bits per heavy atom. The average Bonchev–Trinajstić information content (AvgIpc) is 2.21. The van der Waals surface area contributed by atoms with Crippen LogP contribution in [0.2, 0.25) is 0 Å². The zero-order valence-electron chi connectivity index (χ0n) is 12.2. The minimum absolute atomic E-state index is 0.363. The van der Waals surface area contributed by atoms with E-state index in [0.717, 1.165) is 19.3 Å². The van der Waals surface area contributed by atoms with Gasteiger partial charge in [0.2, 0.25) is 0 Å². The number of unbranched alkanes of at least 4 members (excludes halogenated alkanes) is 2. The monoisotopic (exact) mass is 257 g/mol. The smallest absolute Gasteiger partial charge is 0.407 e. The van der Waals surface area contributed by atoms with Crippen LogP contribution in [0.15, 0.2) is 12.2 Å². The number of alkyl carbamates (subject to hydrolysis) is 1. The molecule has 0 aromatic heterocycles. The molecule has 2 N–H and O–H groups in total. The summed E-state index contributed by atoms with van der Waals surface area (Å²) in [5.74, 6) is 0. The van der Waals surface area contributed by atoms with E-state index in [2.05, 4.69) is 12.2 Å². The van der Waals surface area contributed by atoms with Crippen molar-refractivity contribution in [2.24, 2.45) is 0 Å². The fraction of sp³-hybridized carbons (Fsp3) is 0.786. The predicted molar refractivity (Wildman–Crippen MR) is 73.5 cm³/mol. The number of aliphatic hydroxyl groups excluding tert-OH is 1. The van der Waals surface area contributed by atoms with Crippen molar-refractivity contribution in [2.75, 3.05) is 0 Å². The Morgan fingerprint density at radius 2 is 2.06 bits per heavy atom. The maximum atomic E-state index is 11.5. The van der Waals surface area contributed by atoms with E-state index in [1.54, 1.807) is 33.8 Å². The molecule has 4 heteroatoms. The van der Waals surface area contributed by atoms with Crippen molar-refractivity contribution in [2.45, 2.75) is 71.6 Å². The zero-order chi connectivity index (χ0) is 14.2. The number of rotatable bonds is 6. The van der Waals surface area contributed by atoms with Crippen molar-refractivity contribution in [3.63, 3.8) is 0 Å². The molecule has 0 spiro atoms. The van der Waals surface area contributed by atoms with Crippen LogP contribution in [0.5, 0.6) is 0 Å². The molecule has 0 aliphatic heterocycles. The molecule has 18 heavy (non-hydrogen) atoms. The van der Waals surface area contributed by atoms with Crippen LogP contribution >= 0.6 is 0 Å². The number of hydrogen-bond acceptors (Lipinski definition) is 3. The van der Waals surface area contributed by atoms with Crippen LogP contribution in [0.1, 0.15) is 53.9 Å². The van der Waals surface area contributed by atoms with Crippen LogP contribution in [0.3, 0.4) is 0 Å². The predicted octanol–water partition coefficient (Wildman–Crippen LogP) is 3.01. The third-order valence-electron chi connectivity index (χ3n) is 2.31. The zero-order valence-corrected chi connectivity index (χ0v) is 12.2. The molecule has 0 aliphatic rings. The number of ether oxygens (including phenoxy) is 1. The first-order valence-electron chi connectivity index (χ1n) is 6.60. The lowest BCUT2D eigenvalue weighted by Gasteiger charge is -2.23. The van der Waals surface area contributed by atoms with E-state index in [-0.39, 0.29) is 6.04 Å². The lowest BCUT2D eigenvalue weighted by molar-refractivity contribution is 0.0465. The van der Waals surface area contributed by atoms with Gasteiger partial charge < -0.3 is 15.2 Å². The third-order valence-corrected chi connectivity index (χ3v) is 2.31. The number of amides is 1. The van der Waals surface area contributed by atoms with E-state index in [0.29, 0.717) is 0 Å². The van der Waals surface area contributed by atoms with E-state index in [4.69, 9.17) is 4.74 Å². The van der Waals surface area contributed by atoms with E-state index in [1.807, 2.05) is 6.08 Å². The SMILES string of the molecule is CCCC/C=C/[C@@H](O)[C@H](C)NC(=O)OC(C)(C)C. The van der Waals surface area contributed by atoms with Gasteiger partial charge in [0.1, 0.15) is 5.60 Å². The highest BCUT2D eigenvalue weighted by atomic mass is 16.6. The first kappa shape index (κ1) is 17.0. The Hall–Kier alpha value is -1.03. The summed E-state index contributed by atoms with van der Waals surface area (Å²) in [7, 11) is 0. The molecule has 0 rings (SSSR count). The average molecular weight is 257 g/mol. The molecule has 0 heterocycles. The normalized spacial score (nSPS) is 15.4. The highest BCUT2D eigenvalue weighted by Crippen LogP contribution is 2.07. The number of allylic oxidation sites excluding steroid dienone is 1. The lowest BCUT2D eigenvalue weighted by Crippen LogP contribution is -2.43. The van der Waals surface area contributed by atoms with Crippen LogP contribution in [-0.4, -0.2) is 28.9 Å². The second-order valence-electron chi connectivity index (χ2n) is 5.50. The topological polar surface area (TPSA) is 58.6 Å².